The molecule has 0 unspecified atom stereocenters. The standard InChI is InChI=1S/C21H16FN3O3S/c1-29(26,27)18-9-7-17(8-10-18)28-16-5-3-15(4-6-16)25-21-19-11-2-14(22)12-20(19)23-13-24-21/h2-13H,1H3,(H,23,24,25). The Morgan fingerprint density at radius 1 is 0.897 bits per heavy atom. The summed E-state index contributed by atoms with van der Waals surface area (Å²) in [6.45, 7) is 0. The van der Waals surface area contributed by atoms with Crippen molar-refractivity contribution in [3.8, 4) is 11.5 Å². The van der Waals surface area contributed by atoms with Gasteiger partial charge in [0.1, 0.15) is 29.5 Å². The number of anilines is 2. The topological polar surface area (TPSA) is 81.2 Å². The lowest BCUT2D eigenvalue weighted by molar-refractivity contribution is 0.482. The molecule has 0 aliphatic rings. The minimum atomic E-state index is -3.24. The van der Waals surface area contributed by atoms with E-state index in [9.17, 15) is 12.8 Å². The van der Waals surface area contributed by atoms with E-state index in [1.807, 2.05) is 12.1 Å². The van der Waals surface area contributed by atoms with Gasteiger partial charge in [-0.3, -0.25) is 0 Å². The summed E-state index contributed by atoms with van der Waals surface area (Å²) in [5, 5.41) is 3.89. The number of hydrogen-bond acceptors (Lipinski definition) is 6. The summed E-state index contributed by atoms with van der Waals surface area (Å²) in [6, 6.07) is 17.7. The van der Waals surface area contributed by atoms with E-state index in [4.69, 9.17) is 4.74 Å². The number of sulfone groups is 1. The van der Waals surface area contributed by atoms with Gasteiger partial charge in [0.15, 0.2) is 9.84 Å². The van der Waals surface area contributed by atoms with Crippen molar-refractivity contribution in [3.63, 3.8) is 0 Å². The molecule has 0 fully saturated rings. The van der Waals surface area contributed by atoms with Crippen molar-refractivity contribution in [2.75, 3.05) is 11.6 Å². The van der Waals surface area contributed by atoms with Crippen LogP contribution in [-0.2, 0) is 9.84 Å². The van der Waals surface area contributed by atoms with Crippen molar-refractivity contribution >= 4 is 32.2 Å². The Morgan fingerprint density at radius 3 is 2.21 bits per heavy atom. The summed E-state index contributed by atoms with van der Waals surface area (Å²) in [5.74, 6) is 1.34. The van der Waals surface area contributed by atoms with Gasteiger partial charge in [0, 0.05) is 23.4 Å². The van der Waals surface area contributed by atoms with Gasteiger partial charge in [-0.1, -0.05) is 0 Å². The predicted octanol–water partition coefficient (Wildman–Crippen LogP) is 4.71. The zero-order valence-electron chi connectivity index (χ0n) is 15.3. The van der Waals surface area contributed by atoms with Gasteiger partial charge >= 0.3 is 0 Å². The third kappa shape index (κ3) is 4.33. The number of fused-ring (bicyclic) bond motifs is 1. The van der Waals surface area contributed by atoms with Gasteiger partial charge in [-0.25, -0.2) is 22.8 Å². The van der Waals surface area contributed by atoms with E-state index in [0.717, 1.165) is 11.9 Å². The highest BCUT2D eigenvalue weighted by molar-refractivity contribution is 7.90. The molecule has 0 saturated heterocycles. The Morgan fingerprint density at radius 2 is 1.55 bits per heavy atom. The van der Waals surface area contributed by atoms with E-state index in [-0.39, 0.29) is 10.7 Å². The molecule has 1 aromatic heterocycles. The summed E-state index contributed by atoms with van der Waals surface area (Å²) in [5.41, 5.74) is 1.29. The molecule has 4 aromatic rings. The molecule has 29 heavy (non-hydrogen) atoms. The van der Waals surface area contributed by atoms with Crippen molar-refractivity contribution in [1.82, 2.24) is 9.97 Å². The molecule has 8 heteroatoms. The lowest BCUT2D eigenvalue weighted by atomic mass is 10.2. The van der Waals surface area contributed by atoms with Gasteiger partial charge in [-0.2, -0.15) is 0 Å². The first-order chi connectivity index (χ1) is 13.9. The van der Waals surface area contributed by atoms with E-state index in [2.05, 4.69) is 15.3 Å². The van der Waals surface area contributed by atoms with Crippen molar-refractivity contribution in [3.05, 3.63) is 78.9 Å². The number of rotatable bonds is 5. The molecule has 6 nitrogen and oxygen atoms in total. The highest BCUT2D eigenvalue weighted by Gasteiger charge is 2.08. The lowest BCUT2D eigenvalue weighted by Crippen LogP contribution is -1.97. The Kier molecular flexibility index (Phi) is 4.85. The third-order valence-corrected chi connectivity index (χ3v) is 5.33. The molecule has 0 bridgehead atoms. The van der Waals surface area contributed by atoms with Crippen molar-refractivity contribution in [2.45, 2.75) is 4.90 Å². The monoisotopic (exact) mass is 409 g/mol. The highest BCUT2D eigenvalue weighted by Crippen LogP contribution is 2.27. The molecule has 0 aliphatic carbocycles. The van der Waals surface area contributed by atoms with Gasteiger partial charge in [-0.05, 0) is 60.7 Å². The summed E-state index contributed by atoms with van der Waals surface area (Å²) >= 11 is 0. The third-order valence-electron chi connectivity index (χ3n) is 4.20. The Labute approximate surface area is 166 Å². The normalized spacial score (nSPS) is 11.4. The van der Waals surface area contributed by atoms with E-state index in [0.29, 0.717) is 28.2 Å². The molecule has 1 N–H and O–H groups in total. The number of halogens is 1. The number of ether oxygens (including phenoxy) is 1. The van der Waals surface area contributed by atoms with E-state index in [1.54, 1.807) is 30.3 Å². The van der Waals surface area contributed by atoms with Crippen LogP contribution in [-0.4, -0.2) is 24.6 Å². The van der Waals surface area contributed by atoms with Crippen molar-refractivity contribution in [1.29, 1.82) is 0 Å². The first kappa shape index (κ1) is 18.8. The van der Waals surface area contributed by atoms with E-state index in [1.165, 1.54) is 30.6 Å². The molecule has 4 rings (SSSR count). The molecule has 146 valence electrons. The van der Waals surface area contributed by atoms with Crippen molar-refractivity contribution < 1.29 is 17.5 Å². The van der Waals surface area contributed by atoms with Gasteiger partial charge < -0.3 is 10.1 Å². The SMILES string of the molecule is CS(=O)(=O)c1ccc(Oc2ccc(Nc3ncnc4cc(F)ccc34)cc2)cc1. The second-order valence-electron chi connectivity index (χ2n) is 6.38. The second kappa shape index (κ2) is 7.48. The van der Waals surface area contributed by atoms with Crippen LogP contribution < -0.4 is 10.1 Å². The summed E-state index contributed by atoms with van der Waals surface area (Å²) in [4.78, 5) is 8.54. The zero-order valence-corrected chi connectivity index (χ0v) is 16.2. The van der Waals surface area contributed by atoms with E-state index < -0.39 is 9.84 Å². The predicted molar refractivity (Wildman–Crippen MR) is 109 cm³/mol. The van der Waals surface area contributed by atoms with Crippen LogP contribution >= 0.6 is 0 Å². The Hall–Kier alpha value is -3.52. The number of nitrogens with zero attached hydrogens (tertiary/aromatic N) is 2. The van der Waals surface area contributed by atoms with Gasteiger partial charge in [0.05, 0.1) is 10.4 Å². The maximum atomic E-state index is 13.4. The Balaban J connectivity index is 1.50. The van der Waals surface area contributed by atoms with Gasteiger partial charge in [0.2, 0.25) is 0 Å². The van der Waals surface area contributed by atoms with Crippen LogP contribution in [0.5, 0.6) is 11.5 Å². The molecule has 0 radical (unpaired) electrons. The largest absolute Gasteiger partial charge is 0.457 e. The highest BCUT2D eigenvalue weighted by atomic mass is 32.2. The van der Waals surface area contributed by atoms with E-state index >= 15 is 0 Å². The first-order valence-electron chi connectivity index (χ1n) is 8.64. The van der Waals surface area contributed by atoms with Crippen LogP contribution in [0, 0.1) is 5.82 Å². The van der Waals surface area contributed by atoms with Crippen LogP contribution in [0.3, 0.4) is 0 Å². The molecule has 3 aromatic carbocycles. The van der Waals surface area contributed by atoms with Gasteiger partial charge in [0.25, 0.3) is 0 Å². The molecule has 0 saturated carbocycles. The molecule has 0 spiro atoms. The number of hydrogen-bond donors (Lipinski definition) is 1. The van der Waals surface area contributed by atoms with Crippen LogP contribution in [0.4, 0.5) is 15.9 Å². The fourth-order valence-electron chi connectivity index (χ4n) is 2.76. The minimum Gasteiger partial charge on any atom is -0.457 e. The molecule has 0 aliphatic heterocycles. The fraction of sp³-hybridized carbons (Fsp3) is 0.0476. The molecule has 0 atom stereocenters. The summed E-state index contributed by atoms with van der Waals surface area (Å²) in [7, 11) is -3.24. The molecule has 1 heterocycles. The molecule has 0 amide bonds. The number of benzene rings is 3. The zero-order chi connectivity index (χ0) is 20.4. The van der Waals surface area contributed by atoms with Crippen LogP contribution in [0.15, 0.2) is 78.0 Å². The number of aromatic nitrogens is 2. The maximum absolute atomic E-state index is 13.4. The Bertz CT molecular complexity index is 1280. The number of nitrogens with one attached hydrogen (secondary N) is 1. The van der Waals surface area contributed by atoms with Gasteiger partial charge in [-0.15, -0.1) is 0 Å². The smallest absolute Gasteiger partial charge is 0.175 e. The van der Waals surface area contributed by atoms with Crippen LogP contribution in [0.1, 0.15) is 0 Å². The molecular weight excluding hydrogens is 393 g/mol. The average molecular weight is 409 g/mol. The minimum absolute atomic E-state index is 0.237. The molecular formula is C21H16FN3O3S. The lowest BCUT2D eigenvalue weighted by Gasteiger charge is -2.10. The van der Waals surface area contributed by atoms with Crippen molar-refractivity contribution in [2.24, 2.45) is 0 Å². The van der Waals surface area contributed by atoms with Crippen LogP contribution in [0.2, 0.25) is 0 Å². The fourth-order valence-corrected chi connectivity index (χ4v) is 3.39. The quantitative estimate of drug-likeness (QED) is 0.514. The maximum Gasteiger partial charge on any atom is 0.175 e. The summed E-state index contributed by atoms with van der Waals surface area (Å²) < 4.78 is 42.1. The first-order valence-corrected chi connectivity index (χ1v) is 10.5. The summed E-state index contributed by atoms with van der Waals surface area (Å²) in [6.07, 6.45) is 2.54. The second-order valence-corrected chi connectivity index (χ2v) is 8.39. The van der Waals surface area contributed by atoms with Crippen LogP contribution in [0.25, 0.3) is 10.9 Å². The average Bonchev–Trinajstić information content (AvgIpc) is 2.69.